The number of benzene rings is 3. The van der Waals surface area contributed by atoms with Gasteiger partial charge in [-0.15, -0.1) is 0 Å². The molecule has 2 saturated heterocycles. The highest BCUT2D eigenvalue weighted by Gasteiger charge is 2.48. The van der Waals surface area contributed by atoms with Gasteiger partial charge in [-0.05, 0) is 117 Å². The molecule has 1 atom stereocenters. The molecule has 3 fully saturated rings. The van der Waals surface area contributed by atoms with Crippen LogP contribution in [-0.4, -0.2) is 128 Å². The van der Waals surface area contributed by atoms with E-state index >= 15 is 0 Å². The van der Waals surface area contributed by atoms with Crippen molar-refractivity contribution in [2.45, 2.75) is 86.7 Å². The normalized spacial score (nSPS) is 19.4. The lowest BCUT2D eigenvalue weighted by Gasteiger charge is -2.39. The van der Waals surface area contributed by atoms with Gasteiger partial charge in [0.2, 0.25) is 0 Å². The Morgan fingerprint density at radius 1 is 0.959 bits per heavy atom. The minimum atomic E-state index is -6.10. The summed E-state index contributed by atoms with van der Waals surface area (Å²) in [5.74, 6) is -0.0958. The number of alkyl halides is 3. The number of H-pyrrole nitrogens is 1. The molecule has 5 aromatic rings. The molecular weight excluding hydrogens is 1030 g/mol. The van der Waals surface area contributed by atoms with Crippen LogP contribution in [0.5, 0.6) is 11.5 Å². The summed E-state index contributed by atoms with van der Waals surface area (Å²) in [6.45, 7) is 11.4. The van der Waals surface area contributed by atoms with E-state index in [1.165, 1.54) is 29.0 Å². The molecule has 2 aromatic heterocycles. The van der Waals surface area contributed by atoms with Gasteiger partial charge in [0.1, 0.15) is 22.0 Å². The zero-order valence-corrected chi connectivity index (χ0v) is 44.1. The molecular formula is C51H60ClF3N8O7S3. The van der Waals surface area contributed by atoms with E-state index in [1.54, 1.807) is 37.4 Å². The molecule has 4 heterocycles. The SMILES string of the molecule is C[C@@H](CCN1CCS(=O)(=NC2CC2)CC1)Nc1ccc(S(=O)(=O)NC(=O)c2ccc(N3CCN(CC4=C(c5ccc(Cl)cc5)CC(C)(C)CC4)CC3)cc2Oc2cnc3[nH]ccc3c2)cc1S(=O)(=O)C(F)(F)F. The topological polar surface area (TPSA) is 186 Å². The van der Waals surface area contributed by atoms with Gasteiger partial charge in [0.05, 0.1) is 28.4 Å². The fourth-order valence-corrected chi connectivity index (χ4v) is 14.0. The third kappa shape index (κ3) is 12.5. The van der Waals surface area contributed by atoms with Gasteiger partial charge in [0.15, 0.2) is 0 Å². The first-order valence-corrected chi connectivity index (χ1v) is 29.7. The first-order valence-electron chi connectivity index (χ1n) is 24.5. The third-order valence-corrected chi connectivity index (χ3v) is 19.5. The van der Waals surface area contributed by atoms with Crippen LogP contribution in [0.1, 0.15) is 75.2 Å². The first-order chi connectivity index (χ1) is 34.5. The average molecular weight is 1090 g/mol. The number of halogens is 4. The molecule has 0 bridgehead atoms. The molecule has 1 saturated carbocycles. The highest BCUT2D eigenvalue weighted by molar-refractivity contribution is 7.93. The number of ether oxygens (including phenoxy) is 1. The Hall–Kier alpha value is -5.19. The van der Waals surface area contributed by atoms with E-state index in [-0.39, 0.29) is 28.5 Å². The number of hydrogen-bond donors (Lipinski definition) is 3. The Morgan fingerprint density at radius 2 is 1.68 bits per heavy atom. The number of sulfone groups is 1. The molecule has 0 spiro atoms. The first kappa shape index (κ1) is 52.7. The third-order valence-electron chi connectivity index (χ3n) is 14.0. The monoisotopic (exact) mass is 1080 g/mol. The summed E-state index contributed by atoms with van der Waals surface area (Å²) in [6, 6.07) is 18.1. The number of nitrogens with zero attached hydrogens (tertiary/aromatic N) is 5. The van der Waals surface area contributed by atoms with Crippen molar-refractivity contribution in [3.8, 4) is 11.5 Å². The van der Waals surface area contributed by atoms with Crippen LogP contribution < -0.4 is 19.7 Å². The number of nitrogens with one attached hydrogen (secondary N) is 3. The molecule has 3 aromatic carbocycles. The number of pyridine rings is 1. The molecule has 4 aliphatic rings. The van der Waals surface area contributed by atoms with Crippen molar-refractivity contribution in [2.75, 3.05) is 74.1 Å². The van der Waals surface area contributed by atoms with Gasteiger partial charge < -0.3 is 24.8 Å². The predicted octanol–water partition coefficient (Wildman–Crippen LogP) is 9.34. The van der Waals surface area contributed by atoms with Crippen molar-refractivity contribution in [3.63, 3.8) is 0 Å². The summed E-state index contributed by atoms with van der Waals surface area (Å²) < 4.78 is 122. The Morgan fingerprint density at radius 3 is 2.38 bits per heavy atom. The zero-order valence-electron chi connectivity index (χ0n) is 40.9. The number of anilines is 2. The molecule has 3 N–H and O–H groups in total. The largest absolute Gasteiger partial charge is 0.501 e. The fourth-order valence-electron chi connectivity index (χ4n) is 9.60. The molecule has 9 rings (SSSR count). The molecule has 2 aliphatic carbocycles. The summed E-state index contributed by atoms with van der Waals surface area (Å²) in [4.78, 5) is 25.9. The minimum Gasteiger partial charge on any atom is -0.455 e. The number of amides is 1. The van der Waals surface area contributed by atoms with E-state index in [4.69, 9.17) is 16.3 Å². The highest BCUT2D eigenvalue weighted by atomic mass is 35.5. The van der Waals surface area contributed by atoms with Gasteiger partial charge in [-0.1, -0.05) is 43.2 Å². The van der Waals surface area contributed by atoms with Gasteiger partial charge in [0.25, 0.3) is 25.8 Å². The van der Waals surface area contributed by atoms with Crippen molar-refractivity contribution in [1.82, 2.24) is 24.5 Å². The number of hydrogen-bond acceptors (Lipinski definition) is 13. The fraction of sp³-hybridized carbons (Fsp3) is 0.451. The standard InChI is InChI=1S/C51H60ClF3N8O7S3/c1-34(16-19-61-24-26-71(65,27-25-61)59-39-8-9-39)58-45-13-11-42(30-47(45)72(66,67)51(53,54)55)73(68,69)60-49(64)43-12-10-40(29-46(43)70-41-28-36-15-18-56-48(36)57-32-41)63-22-20-62(21-23-63)33-37-14-17-50(2,3)31-44(37)35-4-6-38(52)7-5-35/h4-7,10-13,15,18,28-30,32,34,39,58H,8-9,14,16-17,19-27,31,33H2,1-3H3,(H,56,57)(H,60,64)/t34-/m0/s1. The van der Waals surface area contributed by atoms with E-state index in [0.29, 0.717) is 78.5 Å². The number of rotatable bonds is 16. The molecule has 0 unspecified atom stereocenters. The molecule has 392 valence electrons. The van der Waals surface area contributed by atoms with Crippen molar-refractivity contribution >= 4 is 75.1 Å². The van der Waals surface area contributed by atoms with Gasteiger partial charge in [0, 0.05) is 108 Å². The Balaban J connectivity index is 0.920. The zero-order chi connectivity index (χ0) is 51.9. The van der Waals surface area contributed by atoms with Crippen molar-refractivity contribution in [2.24, 2.45) is 9.78 Å². The van der Waals surface area contributed by atoms with Crippen LogP contribution in [0.15, 0.2) is 105 Å². The Bertz CT molecular complexity index is 3260. The van der Waals surface area contributed by atoms with E-state index < -0.39 is 62.5 Å². The van der Waals surface area contributed by atoms with Crippen LogP contribution in [-0.2, 0) is 29.6 Å². The number of fused-ring (bicyclic) bond motifs is 1. The molecule has 2 aliphatic heterocycles. The van der Waals surface area contributed by atoms with Crippen LogP contribution in [0.4, 0.5) is 24.5 Å². The Labute approximate surface area is 430 Å². The van der Waals surface area contributed by atoms with Crippen LogP contribution in [0.2, 0.25) is 5.02 Å². The van der Waals surface area contributed by atoms with Gasteiger partial charge in [-0.25, -0.2) is 35.1 Å². The second-order valence-electron chi connectivity index (χ2n) is 20.3. The molecule has 22 heteroatoms. The van der Waals surface area contributed by atoms with Gasteiger partial charge in [-0.3, -0.25) is 9.69 Å². The van der Waals surface area contributed by atoms with Crippen molar-refractivity contribution in [3.05, 3.63) is 107 Å². The Kier molecular flexibility index (Phi) is 15.0. The van der Waals surface area contributed by atoms with Crippen molar-refractivity contribution < 1.29 is 43.7 Å². The van der Waals surface area contributed by atoms with Crippen LogP contribution >= 0.6 is 11.6 Å². The molecule has 73 heavy (non-hydrogen) atoms. The summed E-state index contributed by atoms with van der Waals surface area (Å²) in [5.41, 5.74) is -1.03. The number of carbonyl (C=O) groups is 1. The number of carbonyl (C=O) groups excluding carboxylic acids is 1. The second kappa shape index (κ2) is 20.8. The maximum atomic E-state index is 14.2. The lowest BCUT2D eigenvalue weighted by Crippen LogP contribution is -2.47. The van der Waals surface area contributed by atoms with E-state index in [0.717, 1.165) is 63.9 Å². The lowest BCUT2D eigenvalue weighted by atomic mass is 9.72. The number of sulfonamides is 1. The van der Waals surface area contributed by atoms with E-state index in [9.17, 15) is 39.0 Å². The van der Waals surface area contributed by atoms with Crippen LogP contribution in [0.25, 0.3) is 16.6 Å². The van der Waals surface area contributed by atoms with E-state index in [2.05, 4.69) is 60.3 Å². The molecule has 0 radical (unpaired) electrons. The summed E-state index contributed by atoms with van der Waals surface area (Å²) in [7, 11) is -13.4. The smallest absolute Gasteiger partial charge is 0.455 e. The average Bonchev–Trinajstić information content (AvgIpc) is 4.02. The van der Waals surface area contributed by atoms with Crippen molar-refractivity contribution in [1.29, 1.82) is 0 Å². The molecule has 1 amide bonds. The maximum absolute atomic E-state index is 14.2. The maximum Gasteiger partial charge on any atom is 0.501 e. The number of aromatic nitrogens is 2. The number of piperazine rings is 1. The highest BCUT2D eigenvalue weighted by Crippen LogP contribution is 2.44. The summed E-state index contributed by atoms with van der Waals surface area (Å²) in [5, 5.41) is 4.23. The molecule has 15 nitrogen and oxygen atoms in total. The van der Waals surface area contributed by atoms with E-state index in [1.807, 2.05) is 16.9 Å². The van der Waals surface area contributed by atoms with Gasteiger partial charge in [-0.2, -0.15) is 13.2 Å². The predicted molar refractivity (Wildman–Crippen MR) is 279 cm³/mol. The van der Waals surface area contributed by atoms with Gasteiger partial charge >= 0.3 is 5.51 Å². The number of allylic oxidation sites excluding steroid dienone is 1. The quantitative estimate of drug-likeness (QED) is 0.0852. The number of aromatic amines is 1. The second-order valence-corrected chi connectivity index (χ2v) is 26.9. The van der Waals surface area contributed by atoms with Crippen LogP contribution in [0.3, 0.4) is 0 Å². The summed E-state index contributed by atoms with van der Waals surface area (Å²) in [6.07, 6.45) is 8.49. The van der Waals surface area contributed by atoms with Crippen LogP contribution in [0, 0.1) is 5.41 Å². The lowest BCUT2D eigenvalue weighted by molar-refractivity contribution is -0.0436. The summed E-state index contributed by atoms with van der Waals surface area (Å²) >= 11 is 6.24. The minimum absolute atomic E-state index is 0.0211.